The van der Waals surface area contributed by atoms with Crippen molar-refractivity contribution in [1.82, 2.24) is 4.90 Å². The number of hydrogen-bond acceptors (Lipinski definition) is 9. The summed E-state index contributed by atoms with van der Waals surface area (Å²) in [5, 5.41) is 32.1. The maximum absolute atomic E-state index is 13.6. The Kier molecular flexibility index (Phi) is 7.33. The van der Waals surface area contributed by atoms with E-state index in [4.69, 9.17) is 19.3 Å². The van der Waals surface area contributed by atoms with Gasteiger partial charge in [0.1, 0.15) is 5.76 Å². The zero-order chi connectivity index (χ0) is 28.2. The van der Waals surface area contributed by atoms with Crippen LogP contribution in [0.15, 0.2) is 54.3 Å². The van der Waals surface area contributed by atoms with E-state index >= 15 is 0 Å². The highest BCUT2D eigenvalue weighted by Crippen LogP contribution is 2.65. The average Bonchev–Trinajstić information content (AvgIpc) is 3.28. The Morgan fingerprint density at radius 3 is 2.63 bits per heavy atom. The van der Waals surface area contributed by atoms with Crippen LogP contribution in [0.4, 0.5) is 0 Å². The molecular weight excluding hydrogens is 530 g/mol. The number of phenolic OH excluding ortho intramolecular Hbond substituents is 1. The summed E-state index contributed by atoms with van der Waals surface area (Å²) in [6, 6.07) is 11.6. The van der Waals surface area contributed by atoms with Gasteiger partial charge in [0, 0.05) is 23.6 Å². The number of aliphatic hydroxyl groups is 1. The molecule has 1 fully saturated rings. The first-order valence-corrected chi connectivity index (χ1v) is 13.5. The zero-order valence-electron chi connectivity index (χ0n) is 22.0. The van der Waals surface area contributed by atoms with Crippen LogP contribution in [0.1, 0.15) is 62.3 Å². The molecule has 0 aromatic heterocycles. The molecule has 2 heterocycles. The molecule has 1 saturated heterocycles. The summed E-state index contributed by atoms with van der Waals surface area (Å²) in [5.74, 6) is -2.43. The van der Waals surface area contributed by atoms with Crippen molar-refractivity contribution >= 4 is 17.9 Å². The maximum Gasteiger partial charge on any atom is 0.357 e. The molecule has 0 unspecified atom stereocenters. The largest absolute Gasteiger partial charge is 0.504 e. The molecular formula is C31H35NO9. The van der Waals surface area contributed by atoms with Gasteiger partial charge in [-0.05, 0) is 50.6 Å². The lowest BCUT2D eigenvalue weighted by Gasteiger charge is -2.56. The Labute approximate surface area is 238 Å². The van der Waals surface area contributed by atoms with Crippen molar-refractivity contribution < 1.29 is 43.9 Å². The van der Waals surface area contributed by atoms with Gasteiger partial charge >= 0.3 is 17.9 Å². The topological polar surface area (TPSA) is 143 Å². The lowest BCUT2D eigenvalue weighted by molar-refractivity contribution is -0.170. The van der Waals surface area contributed by atoms with E-state index in [-0.39, 0.29) is 31.4 Å². The highest BCUT2D eigenvalue weighted by molar-refractivity contribution is 5.83. The quantitative estimate of drug-likeness (QED) is 0.428. The fourth-order valence-electron chi connectivity index (χ4n) is 7.14. The summed E-state index contributed by atoms with van der Waals surface area (Å²) in [6.45, 7) is 0.772. The Bertz CT molecular complexity index is 1410. The molecule has 2 aromatic rings. The lowest BCUT2D eigenvalue weighted by atomic mass is 9.52. The first kappa shape index (κ1) is 28.6. The Balaban J connectivity index is 0.00000337. The maximum atomic E-state index is 13.6. The van der Waals surface area contributed by atoms with Crippen molar-refractivity contribution in [2.24, 2.45) is 0 Å². The predicted octanol–water partition coefficient (Wildman–Crippen LogP) is 3.39. The monoisotopic (exact) mass is 565 g/mol. The molecule has 3 N–H and O–H groups in total. The summed E-state index contributed by atoms with van der Waals surface area (Å²) in [7, 11) is 2.00. The second-order valence-corrected chi connectivity index (χ2v) is 11.1. The highest BCUT2D eigenvalue weighted by Gasteiger charge is 2.71. The van der Waals surface area contributed by atoms with Gasteiger partial charge < -0.3 is 34.4 Å². The SMILES string of the molecule is C.CN1CCC[C@]23c4c5ccc(O)c4O[C@H]2C(OC(=O)[C@@H](OC(=O)CCC(=O)O)c2ccccc2)=CC[C@@]3(O)[C@H]1C5. The molecule has 0 amide bonds. The number of aliphatic carboxylic acids is 1. The van der Waals surface area contributed by atoms with Crippen LogP contribution in [0.5, 0.6) is 11.5 Å². The number of carbonyl (C=O) groups is 3. The number of nitrogens with zero attached hydrogens (tertiary/aromatic N) is 1. The molecule has 5 atom stereocenters. The molecule has 1 spiro atoms. The zero-order valence-corrected chi connectivity index (χ0v) is 22.0. The van der Waals surface area contributed by atoms with E-state index in [9.17, 15) is 24.6 Å². The fraction of sp³-hybridized carbons (Fsp3) is 0.452. The van der Waals surface area contributed by atoms with E-state index in [1.54, 1.807) is 42.5 Å². The van der Waals surface area contributed by atoms with Gasteiger partial charge in [0.15, 0.2) is 17.6 Å². The molecule has 2 bridgehead atoms. The smallest absolute Gasteiger partial charge is 0.357 e. The molecule has 218 valence electrons. The number of likely N-dealkylation sites (tertiary alicyclic amines) is 1. The van der Waals surface area contributed by atoms with E-state index in [1.807, 2.05) is 13.1 Å². The second kappa shape index (κ2) is 10.5. The standard InChI is InChI=1S/C30H31NO9.CH4/c1-31-15-5-13-29-24-18-8-9-19(32)26(24)40-27(29)20(12-14-30(29,37)21(31)16-18)38-28(36)25(17-6-3-2-4-7-17)39-23(35)11-10-22(33)34;/h2-4,6-9,12,21,25,27,32,37H,5,10-11,13-16H2,1H3,(H,33,34);1H4/t21-,25+,27+,29+,30-;/m1./s1. The van der Waals surface area contributed by atoms with Crippen LogP contribution < -0.4 is 4.74 Å². The number of rotatable bonds is 7. The number of ether oxygens (including phenoxy) is 3. The molecule has 0 saturated carbocycles. The lowest BCUT2D eigenvalue weighted by Crippen LogP contribution is -2.69. The van der Waals surface area contributed by atoms with Gasteiger partial charge in [-0.25, -0.2) is 4.79 Å². The molecule has 10 nitrogen and oxygen atoms in total. The van der Waals surface area contributed by atoms with Crippen LogP contribution in [0.2, 0.25) is 0 Å². The third-order valence-corrected chi connectivity index (χ3v) is 8.90. The van der Waals surface area contributed by atoms with Gasteiger partial charge in [0.25, 0.3) is 0 Å². The number of likely N-dealkylation sites (N-methyl/N-ethyl adjacent to an activating group) is 1. The van der Waals surface area contributed by atoms with Gasteiger partial charge in [-0.2, -0.15) is 0 Å². The number of carboxylic acid groups (broad SMARTS) is 1. The van der Waals surface area contributed by atoms with Crippen molar-refractivity contribution in [3.8, 4) is 11.5 Å². The number of phenols is 1. The van der Waals surface area contributed by atoms with E-state index in [1.165, 1.54) is 0 Å². The van der Waals surface area contributed by atoms with E-state index in [2.05, 4.69) is 4.90 Å². The van der Waals surface area contributed by atoms with Gasteiger partial charge in [0.05, 0.1) is 23.9 Å². The van der Waals surface area contributed by atoms with Crippen molar-refractivity contribution in [1.29, 1.82) is 0 Å². The van der Waals surface area contributed by atoms with Gasteiger partial charge in [-0.15, -0.1) is 0 Å². The number of esters is 2. The van der Waals surface area contributed by atoms with E-state index in [0.29, 0.717) is 24.2 Å². The molecule has 0 radical (unpaired) electrons. The first-order chi connectivity index (χ1) is 19.2. The van der Waals surface area contributed by atoms with Gasteiger partial charge in [-0.3, -0.25) is 9.59 Å². The Hall–Kier alpha value is -3.89. The van der Waals surface area contributed by atoms with E-state index in [0.717, 1.165) is 24.1 Å². The normalized spacial score (nSPS) is 28.1. The molecule has 2 aliphatic carbocycles. The number of carboxylic acids is 1. The molecule has 41 heavy (non-hydrogen) atoms. The van der Waals surface area contributed by atoms with Crippen molar-refractivity contribution in [3.63, 3.8) is 0 Å². The van der Waals surface area contributed by atoms with Crippen molar-refractivity contribution in [2.75, 3.05) is 13.6 Å². The third-order valence-electron chi connectivity index (χ3n) is 8.90. The van der Waals surface area contributed by atoms with Crippen molar-refractivity contribution in [2.45, 2.75) is 75.2 Å². The van der Waals surface area contributed by atoms with Crippen LogP contribution in [0.25, 0.3) is 0 Å². The Morgan fingerprint density at radius 1 is 1.15 bits per heavy atom. The number of carbonyl (C=O) groups excluding carboxylic acids is 2. The van der Waals surface area contributed by atoms with Crippen LogP contribution in [0, 0.1) is 0 Å². The molecule has 10 heteroatoms. The first-order valence-electron chi connectivity index (χ1n) is 13.5. The van der Waals surface area contributed by atoms with Crippen LogP contribution in [0.3, 0.4) is 0 Å². The molecule has 6 rings (SSSR count). The number of aromatic hydroxyl groups is 1. The number of benzene rings is 2. The van der Waals surface area contributed by atoms with E-state index < -0.39 is 54.0 Å². The summed E-state index contributed by atoms with van der Waals surface area (Å²) >= 11 is 0. The van der Waals surface area contributed by atoms with Gasteiger partial charge in [0.2, 0.25) is 6.10 Å². The van der Waals surface area contributed by atoms with Crippen LogP contribution in [-0.4, -0.2) is 69.5 Å². The Morgan fingerprint density at radius 2 is 1.90 bits per heavy atom. The minimum atomic E-state index is -1.44. The van der Waals surface area contributed by atoms with Gasteiger partial charge in [-0.1, -0.05) is 43.8 Å². The molecule has 2 aliphatic heterocycles. The third kappa shape index (κ3) is 4.36. The molecule has 4 aliphatic rings. The van der Waals surface area contributed by atoms with Crippen LogP contribution in [-0.2, 0) is 35.7 Å². The minimum Gasteiger partial charge on any atom is -0.504 e. The summed E-state index contributed by atoms with van der Waals surface area (Å²) in [6.07, 6.45) is 0.624. The summed E-state index contributed by atoms with van der Waals surface area (Å²) in [4.78, 5) is 39.2. The second-order valence-electron chi connectivity index (χ2n) is 11.1. The highest BCUT2D eigenvalue weighted by atomic mass is 16.6. The number of hydrogen-bond donors (Lipinski definition) is 3. The fourth-order valence-corrected chi connectivity index (χ4v) is 7.14. The minimum absolute atomic E-state index is 0. The molecule has 2 aromatic carbocycles. The summed E-state index contributed by atoms with van der Waals surface area (Å²) < 4.78 is 17.7. The van der Waals surface area contributed by atoms with Crippen LogP contribution >= 0.6 is 0 Å². The van der Waals surface area contributed by atoms with Crippen molar-refractivity contribution in [3.05, 3.63) is 71.0 Å². The summed E-state index contributed by atoms with van der Waals surface area (Å²) in [5.41, 5.74) is -0.0534. The average molecular weight is 566 g/mol. The predicted molar refractivity (Wildman–Crippen MR) is 146 cm³/mol.